The van der Waals surface area contributed by atoms with Crippen LogP contribution in [0, 0.1) is 12.7 Å². The molecule has 4 aromatic rings. The number of aromatic amines is 1. The van der Waals surface area contributed by atoms with Gasteiger partial charge in [0.15, 0.2) is 0 Å². The van der Waals surface area contributed by atoms with Crippen molar-refractivity contribution in [3.05, 3.63) is 71.8 Å². The summed E-state index contributed by atoms with van der Waals surface area (Å²) in [5.74, 6) is -1.08. The molecule has 0 bridgehead atoms. The Bertz CT molecular complexity index is 1460. The average Bonchev–Trinajstić information content (AvgIpc) is 3.39. The Kier molecular flexibility index (Phi) is 7.02. The number of hydrogen-bond donors (Lipinski definition) is 2. The number of nitrogens with zero attached hydrogens (tertiary/aromatic N) is 2. The standard InChI is InChI=1S/C28H33FN4O2Si/c1-17(2)23-24(27(30)34)26(21-8-7-18(3)15-22(21)29)33(16-35-13-14-36(4,5)6)25(23)19-9-11-31-28-20(19)10-12-32-28/h7-12,15H,1,13-14,16H2,2-6H3,(H2,30,34)(H,31,32). The van der Waals surface area contributed by atoms with Crippen molar-refractivity contribution in [2.75, 3.05) is 6.61 Å². The summed E-state index contributed by atoms with van der Waals surface area (Å²) in [6, 6.07) is 9.76. The zero-order valence-corrected chi connectivity index (χ0v) is 22.5. The summed E-state index contributed by atoms with van der Waals surface area (Å²) in [6.07, 6.45) is 3.52. The maximum atomic E-state index is 15.4. The molecule has 1 aromatic carbocycles. The van der Waals surface area contributed by atoms with Crippen LogP contribution in [0.4, 0.5) is 4.39 Å². The Labute approximate surface area is 212 Å². The van der Waals surface area contributed by atoms with E-state index in [0.29, 0.717) is 34.8 Å². The molecule has 0 aliphatic rings. The minimum Gasteiger partial charge on any atom is -0.366 e. The molecule has 6 nitrogen and oxygen atoms in total. The number of hydrogen-bond acceptors (Lipinski definition) is 3. The van der Waals surface area contributed by atoms with E-state index >= 15 is 4.39 Å². The van der Waals surface area contributed by atoms with E-state index in [1.807, 2.05) is 42.8 Å². The van der Waals surface area contributed by atoms with E-state index < -0.39 is 19.8 Å². The maximum Gasteiger partial charge on any atom is 0.251 e. The lowest BCUT2D eigenvalue weighted by atomic mass is 9.96. The van der Waals surface area contributed by atoms with Gasteiger partial charge in [-0.3, -0.25) is 4.79 Å². The number of ether oxygens (including phenoxy) is 1. The number of halogens is 1. The number of fused-ring (bicyclic) bond motifs is 1. The van der Waals surface area contributed by atoms with Gasteiger partial charge in [0.2, 0.25) is 0 Å². The number of aromatic nitrogens is 3. The topological polar surface area (TPSA) is 85.9 Å². The average molecular weight is 505 g/mol. The van der Waals surface area contributed by atoms with Crippen molar-refractivity contribution in [2.45, 2.75) is 46.3 Å². The fourth-order valence-electron chi connectivity index (χ4n) is 4.48. The van der Waals surface area contributed by atoms with Crippen molar-refractivity contribution < 1.29 is 13.9 Å². The first-order valence-corrected chi connectivity index (χ1v) is 15.7. The molecule has 1 amide bonds. The fourth-order valence-corrected chi connectivity index (χ4v) is 5.23. The lowest BCUT2D eigenvalue weighted by Gasteiger charge is -2.19. The molecule has 0 aliphatic heterocycles. The van der Waals surface area contributed by atoms with Crippen LogP contribution in [-0.4, -0.2) is 35.1 Å². The molecule has 0 radical (unpaired) electrons. The van der Waals surface area contributed by atoms with Crippen molar-refractivity contribution in [1.82, 2.24) is 14.5 Å². The monoisotopic (exact) mass is 504 g/mol. The van der Waals surface area contributed by atoms with E-state index in [4.69, 9.17) is 10.5 Å². The minimum absolute atomic E-state index is 0.129. The van der Waals surface area contributed by atoms with Gasteiger partial charge in [0.05, 0.1) is 17.0 Å². The van der Waals surface area contributed by atoms with Gasteiger partial charge in [-0.15, -0.1) is 0 Å². The molecule has 0 unspecified atom stereocenters. The molecule has 0 saturated heterocycles. The van der Waals surface area contributed by atoms with Crippen molar-refractivity contribution in [1.29, 1.82) is 0 Å². The van der Waals surface area contributed by atoms with Gasteiger partial charge in [-0.25, -0.2) is 9.37 Å². The van der Waals surface area contributed by atoms with Crippen molar-refractivity contribution in [3.8, 4) is 22.5 Å². The number of primary amides is 1. The number of rotatable bonds is 9. The van der Waals surface area contributed by atoms with Crippen molar-refractivity contribution >= 4 is 30.6 Å². The summed E-state index contributed by atoms with van der Waals surface area (Å²) in [5.41, 5.74) is 11.1. The molecule has 3 aromatic heterocycles. The third-order valence-electron chi connectivity index (χ3n) is 6.25. The van der Waals surface area contributed by atoms with Gasteiger partial charge < -0.3 is 20.0 Å². The molecule has 0 spiro atoms. The summed E-state index contributed by atoms with van der Waals surface area (Å²) in [7, 11) is -1.33. The molecule has 4 rings (SSSR count). The molecule has 0 fully saturated rings. The highest BCUT2D eigenvalue weighted by Crippen LogP contribution is 2.43. The van der Waals surface area contributed by atoms with Crippen LogP contribution in [-0.2, 0) is 11.5 Å². The first kappa shape index (κ1) is 25.6. The lowest BCUT2D eigenvalue weighted by molar-refractivity contribution is 0.0893. The second kappa shape index (κ2) is 9.87. The Balaban J connectivity index is 2.05. The summed E-state index contributed by atoms with van der Waals surface area (Å²) in [6.45, 7) is 15.4. The van der Waals surface area contributed by atoms with Gasteiger partial charge in [-0.2, -0.15) is 0 Å². The number of aryl methyl sites for hydroxylation is 1. The first-order valence-electron chi connectivity index (χ1n) is 12.0. The van der Waals surface area contributed by atoms with Crippen molar-refractivity contribution in [2.24, 2.45) is 5.73 Å². The van der Waals surface area contributed by atoms with Crippen LogP contribution in [0.1, 0.15) is 28.4 Å². The number of carbonyl (C=O) groups excluding carboxylic acids is 1. The number of pyridine rings is 1. The van der Waals surface area contributed by atoms with E-state index in [2.05, 4.69) is 36.2 Å². The predicted molar refractivity (Wildman–Crippen MR) is 147 cm³/mol. The van der Waals surface area contributed by atoms with E-state index in [1.54, 1.807) is 12.3 Å². The zero-order valence-electron chi connectivity index (χ0n) is 21.5. The van der Waals surface area contributed by atoms with E-state index in [9.17, 15) is 4.79 Å². The number of benzene rings is 1. The van der Waals surface area contributed by atoms with Crippen LogP contribution < -0.4 is 5.73 Å². The molecule has 0 atom stereocenters. The SMILES string of the molecule is C=C(C)c1c(C(N)=O)c(-c2ccc(C)cc2F)n(COCC[Si](C)(C)C)c1-c1ccnc2[nH]ccc12. The summed E-state index contributed by atoms with van der Waals surface area (Å²) >= 11 is 0. The molecule has 36 heavy (non-hydrogen) atoms. The number of carbonyl (C=O) groups is 1. The second-order valence-corrected chi connectivity index (χ2v) is 16.1. The number of H-pyrrole nitrogens is 1. The van der Waals surface area contributed by atoms with Crippen LogP contribution in [0.5, 0.6) is 0 Å². The largest absolute Gasteiger partial charge is 0.366 e. The Hall–Kier alpha value is -3.49. The Morgan fingerprint density at radius 1 is 1.17 bits per heavy atom. The third-order valence-corrected chi connectivity index (χ3v) is 7.95. The molecule has 3 N–H and O–H groups in total. The molecule has 188 valence electrons. The van der Waals surface area contributed by atoms with E-state index in [-0.39, 0.29) is 17.9 Å². The highest BCUT2D eigenvalue weighted by atomic mass is 28.3. The Morgan fingerprint density at radius 3 is 2.53 bits per heavy atom. The van der Waals surface area contributed by atoms with Gasteiger partial charge in [-0.1, -0.05) is 32.3 Å². The molecule has 0 saturated carbocycles. The predicted octanol–water partition coefficient (Wildman–Crippen LogP) is 6.59. The van der Waals surface area contributed by atoms with Crippen LogP contribution >= 0.6 is 0 Å². The van der Waals surface area contributed by atoms with Crippen molar-refractivity contribution in [3.63, 3.8) is 0 Å². The second-order valence-electron chi connectivity index (χ2n) is 10.4. The van der Waals surface area contributed by atoms with Crippen LogP contribution in [0.3, 0.4) is 0 Å². The van der Waals surface area contributed by atoms with Crippen LogP contribution in [0.2, 0.25) is 25.7 Å². The molecule has 3 heterocycles. The van der Waals surface area contributed by atoms with Gasteiger partial charge in [0.1, 0.15) is 18.2 Å². The van der Waals surface area contributed by atoms with Crippen LogP contribution in [0.15, 0.2) is 49.3 Å². The number of nitrogens with one attached hydrogen (secondary N) is 1. The molecule has 8 heteroatoms. The van der Waals surface area contributed by atoms with E-state index in [0.717, 1.165) is 22.6 Å². The molecular weight excluding hydrogens is 471 g/mol. The fraction of sp³-hybridized carbons (Fsp3) is 0.286. The summed E-state index contributed by atoms with van der Waals surface area (Å²) in [4.78, 5) is 20.5. The number of amides is 1. The number of nitrogens with two attached hydrogens (primary N) is 1. The molecular formula is C28H33FN4O2Si. The minimum atomic E-state index is -1.33. The smallest absolute Gasteiger partial charge is 0.251 e. The van der Waals surface area contributed by atoms with Gasteiger partial charge >= 0.3 is 0 Å². The van der Waals surface area contributed by atoms with Crippen LogP contribution in [0.25, 0.3) is 39.1 Å². The normalized spacial score (nSPS) is 11.8. The lowest BCUT2D eigenvalue weighted by Crippen LogP contribution is -2.22. The van der Waals surface area contributed by atoms with E-state index in [1.165, 1.54) is 6.07 Å². The first-order chi connectivity index (χ1) is 17.0. The van der Waals surface area contributed by atoms with Gasteiger partial charge in [0.25, 0.3) is 5.91 Å². The Morgan fingerprint density at radius 2 is 1.89 bits per heavy atom. The third kappa shape index (κ3) is 4.92. The van der Waals surface area contributed by atoms with Gasteiger partial charge in [0, 0.05) is 49.2 Å². The highest BCUT2D eigenvalue weighted by molar-refractivity contribution is 6.76. The summed E-state index contributed by atoms with van der Waals surface area (Å²) < 4.78 is 23.5. The van der Waals surface area contributed by atoms with Gasteiger partial charge in [-0.05, 0) is 55.3 Å². The zero-order chi connectivity index (χ0) is 26.2. The molecule has 0 aliphatic carbocycles. The quantitative estimate of drug-likeness (QED) is 0.199. The summed E-state index contributed by atoms with van der Waals surface area (Å²) in [5, 5.41) is 0.868. The number of allylic oxidation sites excluding steroid dienone is 1. The highest BCUT2D eigenvalue weighted by Gasteiger charge is 2.30. The maximum absolute atomic E-state index is 15.4.